The number of hydrogen-bond donors (Lipinski definition) is 1. The van der Waals surface area contributed by atoms with Gasteiger partial charge in [-0.25, -0.2) is 4.98 Å². The Morgan fingerprint density at radius 2 is 1.83 bits per heavy atom. The predicted octanol–water partition coefficient (Wildman–Crippen LogP) is 7.50. The smallest absolute Gasteiger partial charge is 0.282 e. The number of aromatic nitrogens is 2. The number of halogens is 1. The van der Waals surface area contributed by atoms with Crippen LogP contribution in [0, 0.1) is 0 Å². The van der Waals surface area contributed by atoms with Crippen molar-refractivity contribution in [1.29, 1.82) is 0 Å². The maximum Gasteiger partial charge on any atom is 0.282 e. The van der Waals surface area contributed by atoms with Gasteiger partial charge in [0, 0.05) is 16.3 Å². The van der Waals surface area contributed by atoms with E-state index in [0.29, 0.717) is 74.4 Å². The summed E-state index contributed by atoms with van der Waals surface area (Å²) in [4.78, 5) is 31.3. The molecule has 0 bridgehead atoms. The molecule has 2 heterocycles. The lowest BCUT2D eigenvalue weighted by Crippen LogP contribution is -2.21. The molecule has 4 aromatic carbocycles. The highest BCUT2D eigenvalue weighted by Gasteiger charge is 2.19. The molecule has 0 saturated carbocycles. The number of hydrogen-bond acceptors (Lipinski definition) is 8. The molecule has 0 fully saturated rings. The Labute approximate surface area is 280 Å². The minimum absolute atomic E-state index is 0.219. The number of nitrogens with zero attached hydrogens (tertiary/aromatic N) is 3. The number of nitrogens with one attached hydrogen (secondary N) is 1. The molecule has 48 heavy (non-hydrogen) atoms. The van der Waals surface area contributed by atoms with Crippen LogP contribution in [0.15, 0.2) is 112 Å². The van der Waals surface area contributed by atoms with Crippen LogP contribution in [0.4, 0.5) is 5.69 Å². The zero-order valence-electron chi connectivity index (χ0n) is 26.2. The van der Waals surface area contributed by atoms with Gasteiger partial charge in [-0.3, -0.25) is 9.59 Å². The van der Waals surface area contributed by atoms with Crippen molar-refractivity contribution >= 4 is 51.3 Å². The zero-order chi connectivity index (χ0) is 33.6. The minimum atomic E-state index is -0.373. The summed E-state index contributed by atoms with van der Waals surface area (Å²) in [5.74, 6) is 1.65. The number of anilines is 1. The number of ether oxygens (including phenoxy) is 3. The van der Waals surface area contributed by atoms with Crippen LogP contribution in [0.3, 0.4) is 0 Å². The molecule has 0 spiro atoms. The monoisotopic (exact) mass is 662 g/mol. The van der Waals surface area contributed by atoms with E-state index < -0.39 is 0 Å². The zero-order valence-corrected chi connectivity index (χ0v) is 27.0. The maximum atomic E-state index is 13.8. The van der Waals surface area contributed by atoms with E-state index in [4.69, 9.17) is 35.2 Å². The van der Waals surface area contributed by atoms with Crippen molar-refractivity contribution in [3.05, 3.63) is 124 Å². The number of methoxy groups -OCH3 is 1. The molecule has 0 radical (unpaired) electrons. The molecule has 0 atom stereocenters. The summed E-state index contributed by atoms with van der Waals surface area (Å²) in [6.07, 6.45) is 3.68. The van der Waals surface area contributed by atoms with E-state index in [0.717, 1.165) is 5.39 Å². The van der Waals surface area contributed by atoms with Crippen LogP contribution in [-0.2, 0) is 11.2 Å². The first-order valence-corrected chi connectivity index (χ1v) is 15.5. The Kier molecular flexibility index (Phi) is 9.54. The van der Waals surface area contributed by atoms with Crippen LogP contribution in [0.2, 0.25) is 5.02 Å². The summed E-state index contributed by atoms with van der Waals surface area (Å²) in [6, 6.07) is 24.7. The van der Waals surface area contributed by atoms with Crippen LogP contribution < -0.4 is 25.1 Å². The average Bonchev–Trinajstić information content (AvgIpc) is 3.53. The number of rotatable bonds is 12. The molecule has 0 unspecified atom stereocenters. The first kappa shape index (κ1) is 32.1. The standard InChI is InChI=1S/C37H31ClN4O6/c1-4-9-24-18-23(19-32(46-5-2)35(24)47-22-34(43)40-26-16-14-25(38)15-17-26)21-39-42-36(41-29-11-7-6-10-27(29)37(42)44)33-20-28-30(45-3)12-8-13-31(28)48-33/h4,6-8,10-21H,1,5,9,22H2,2-3H3,(H,40,43). The lowest BCUT2D eigenvalue weighted by atomic mass is 10.1. The highest BCUT2D eigenvalue weighted by Crippen LogP contribution is 2.35. The molecule has 6 aromatic rings. The summed E-state index contributed by atoms with van der Waals surface area (Å²) >= 11 is 5.95. The highest BCUT2D eigenvalue weighted by atomic mass is 35.5. The fourth-order valence-corrected chi connectivity index (χ4v) is 5.32. The topological polar surface area (TPSA) is 117 Å². The molecule has 0 saturated heterocycles. The van der Waals surface area contributed by atoms with E-state index in [1.165, 1.54) is 10.9 Å². The molecule has 1 amide bonds. The Bertz CT molecular complexity index is 2220. The number of para-hydroxylation sites is 1. The predicted molar refractivity (Wildman–Crippen MR) is 188 cm³/mol. The van der Waals surface area contributed by atoms with Gasteiger partial charge in [-0.1, -0.05) is 35.9 Å². The minimum Gasteiger partial charge on any atom is -0.496 e. The SMILES string of the molecule is C=CCc1cc(C=Nn2c(-c3cc4c(OC)cccc4o3)nc3ccccc3c2=O)cc(OCC)c1OCC(=O)Nc1ccc(Cl)cc1. The van der Waals surface area contributed by atoms with Crippen molar-refractivity contribution in [2.75, 3.05) is 25.6 Å². The summed E-state index contributed by atoms with van der Waals surface area (Å²) in [6.45, 7) is 5.81. The summed E-state index contributed by atoms with van der Waals surface area (Å²) in [7, 11) is 1.58. The van der Waals surface area contributed by atoms with Crippen LogP contribution in [0.5, 0.6) is 17.2 Å². The van der Waals surface area contributed by atoms with E-state index in [9.17, 15) is 9.59 Å². The third kappa shape index (κ3) is 6.79. The fraction of sp³-hybridized carbons (Fsp3) is 0.135. The van der Waals surface area contributed by atoms with Crippen molar-refractivity contribution in [2.45, 2.75) is 13.3 Å². The molecule has 1 N–H and O–H groups in total. The lowest BCUT2D eigenvalue weighted by molar-refractivity contribution is -0.118. The third-order valence-electron chi connectivity index (χ3n) is 7.33. The van der Waals surface area contributed by atoms with Crippen LogP contribution in [-0.4, -0.2) is 42.1 Å². The van der Waals surface area contributed by atoms with Gasteiger partial charge in [0.05, 0.1) is 36.2 Å². The van der Waals surface area contributed by atoms with Crippen molar-refractivity contribution in [3.8, 4) is 28.8 Å². The van der Waals surface area contributed by atoms with Gasteiger partial charge in [0.1, 0.15) is 11.3 Å². The van der Waals surface area contributed by atoms with E-state index in [1.54, 1.807) is 67.8 Å². The number of carbonyl (C=O) groups is 1. The molecule has 0 aliphatic carbocycles. The van der Waals surface area contributed by atoms with Crippen LogP contribution in [0.25, 0.3) is 33.5 Å². The summed E-state index contributed by atoms with van der Waals surface area (Å²) < 4.78 is 24.8. The first-order chi connectivity index (χ1) is 23.4. The highest BCUT2D eigenvalue weighted by molar-refractivity contribution is 6.30. The van der Waals surface area contributed by atoms with Crippen molar-refractivity contribution in [1.82, 2.24) is 9.66 Å². The lowest BCUT2D eigenvalue weighted by Gasteiger charge is -2.16. The molecule has 6 rings (SSSR count). The third-order valence-corrected chi connectivity index (χ3v) is 7.58. The maximum absolute atomic E-state index is 13.8. The van der Waals surface area contributed by atoms with Gasteiger partial charge in [0.25, 0.3) is 11.5 Å². The van der Waals surface area contributed by atoms with Gasteiger partial charge in [-0.15, -0.1) is 6.58 Å². The van der Waals surface area contributed by atoms with Gasteiger partial charge < -0.3 is 23.9 Å². The van der Waals surface area contributed by atoms with Crippen molar-refractivity contribution in [2.24, 2.45) is 5.10 Å². The van der Waals surface area contributed by atoms with Crippen molar-refractivity contribution < 1.29 is 23.4 Å². The fourth-order valence-electron chi connectivity index (χ4n) is 5.20. The number of carbonyl (C=O) groups excluding carboxylic acids is 1. The summed E-state index contributed by atoms with van der Waals surface area (Å²) in [5, 5.41) is 9.09. The average molecular weight is 663 g/mol. The van der Waals surface area contributed by atoms with E-state index in [-0.39, 0.29) is 23.9 Å². The Balaban J connectivity index is 1.37. The van der Waals surface area contributed by atoms with Crippen LogP contribution >= 0.6 is 11.6 Å². The second-order valence-electron chi connectivity index (χ2n) is 10.6. The number of allylic oxidation sites excluding steroid dienone is 1. The Morgan fingerprint density at radius 1 is 1.02 bits per heavy atom. The Hall–Kier alpha value is -5.87. The van der Waals surface area contributed by atoms with E-state index in [2.05, 4.69) is 17.0 Å². The number of amides is 1. The van der Waals surface area contributed by atoms with Gasteiger partial charge in [0.2, 0.25) is 5.82 Å². The molecule has 11 heteroatoms. The largest absolute Gasteiger partial charge is 0.496 e. The van der Waals surface area contributed by atoms with Gasteiger partial charge in [-0.2, -0.15) is 9.78 Å². The summed E-state index contributed by atoms with van der Waals surface area (Å²) in [5.41, 5.74) is 2.63. The Morgan fingerprint density at radius 3 is 2.60 bits per heavy atom. The van der Waals surface area contributed by atoms with E-state index in [1.807, 2.05) is 37.3 Å². The van der Waals surface area contributed by atoms with Gasteiger partial charge in [-0.05, 0) is 85.6 Å². The molecule has 242 valence electrons. The molecule has 0 aliphatic rings. The molecular formula is C37H31ClN4O6. The first-order valence-electron chi connectivity index (χ1n) is 15.1. The molecule has 10 nitrogen and oxygen atoms in total. The number of benzene rings is 4. The second-order valence-corrected chi connectivity index (χ2v) is 11.0. The van der Waals surface area contributed by atoms with E-state index >= 15 is 0 Å². The van der Waals surface area contributed by atoms with Crippen molar-refractivity contribution in [3.63, 3.8) is 0 Å². The van der Waals surface area contributed by atoms with Crippen LogP contribution in [0.1, 0.15) is 18.1 Å². The van der Waals surface area contributed by atoms with Gasteiger partial charge >= 0.3 is 0 Å². The molecule has 0 aliphatic heterocycles. The number of furan rings is 1. The quantitative estimate of drug-likeness (QED) is 0.107. The number of fused-ring (bicyclic) bond motifs is 2. The van der Waals surface area contributed by atoms with Gasteiger partial charge in [0.15, 0.2) is 23.9 Å². The normalized spacial score (nSPS) is 11.2. The molecule has 2 aromatic heterocycles. The molecular weight excluding hydrogens is 632 g/mol. The second kappa shape index (κ2) is 14.3.